The predicted octanol–water partition coefficient (Wildman–Crippen LogP) is 1.99. The summed E-state index contributed by atoms with van der Waals surface area (Å²) < 4.78 is 11.0. The quantitative estimate of drug-likeness (QED) is 0.923. The number of methoxy groups -OCH3 is 1. The molecule has 0 amide bonds. The standard InChI is InChI=1S/C17H26N2O2/c1-18-17-15-12-14(20-2)6-4-13(15)5-7-16(17)19-8-3-10-21-11-9-19/h4,6,12,16-18H,3,5,7-11H2,1-2H3. The molecule has 3 rings (SSSR count). The van der Waals surface area contributed by atoms with Gasteiger partial charge in [-0.25, -0.2) is 0 Å². The Balaban J connectivity index is 1.86. The van der Waals surface area contributed by atoms with Crippen molar-refractivity contribution in [2.45, 2.75) is 31.3 Å². The van der Waals surface area contributed by atoms with Crippen LogP contribution in [0.5, 0.6) is 5.75 Å². The van der Waals surface area contributed by atoms with Crippen LogP contribution in [-0.2, 0) is 11.2 Å². The Morgan fingerprint density at radius 3 is 3.00 bits per heavy atom. The molecule has 116 valence electrons. The van der Waals surface area contributed by atoms with Crippen molar-refractivity contribution in [3.63, 3.8) is 0 Å². The zero-order valence-corrected chi connectivity index (χ0v) is 13.1. The fraction of sp³-hybridized carbons (Fsp3) is 0.647. The molecule has 0 aromatic heterocycles. The van der Waals surface area contributed by atoms with Crippen LogP contribution in [0.1, 0.15) is 30.0 Å². The largest absolute Gasteiger partial charge is 0.497 e. The van der Waals surface area contributed by atoms with E-state index in [2.05, 4.69) is 35.5 Å². The molecule has 2 unspecified atom stereocenters. The van der Waals surface area contributed by atoms with Gasteiger partial charge in [0.05, 0.1) is 13.7 Å². The number of ether oxygens (including phenoxy) is 2. The lowest BCUT2D eigenvalue weighted by atomic mass is 9.83. The lowest BCUT2D eigenvalue weighted by Crippen LogP contribution is -2.47. The summed E-state index contributed by atoms with van der Waals surface area (Å²) in [7, 11) is 3.81. The Kier molecular flexibility index (Phi) is 4.78. The van der Waals surface area contributed by atoms with Gasteiger partial charge in [0.15, 0.2) is 0 Å². The average molecular weight is 290 g/mol. The van der Waals surface area contributed by atoms with E-state index in [1.807, 2.05) is 0 Å². The summed E-state index contributed by atoms with van der Waals surface area (Å²) in [4.78, 5) is 2.61. The summed E-state index contributed by atoms with van der Waals surface area (Å²) in [6, 6.07) is 7.43. The minimum atomic E-state index is 0.377. The Morgan fingerprint density at radius 2 is 2.19 bits per heavy atom. The molecular weight excluding hydrogens is 264 g/mol. The zero-order valence-electron chi connectivity index (χ0n) is 13.1. The fourth-order valence-corrected chi connectivity index (χ4v) is 3.73. The van der Waals surface area contributed by atoms with Gasteiger partial charge in [0.25, 0.3) is 0 Å². The van der Waals surface area contributed by atoms with Crippen molar-refractivity contribution in [3.8, 4) is 5.75 Å². The van der Waals surface area contributed by atoms with Crippen molar-refractivity contribution < 1.29 is 9.47 Å². The smallest absolute Gasteiger partial charge is 0.119 e. The second-order valence-corrected chi connectivity index (χ2v) is 5.94. The topological polar surface area (TPSA) is 33.7 Å². The van der Waals surface area contributed by atoms with Gasteiger partial charge in [-0.2, -0.15) is 0 Å². The Hall–Kier alpha value is -1.10. The number of rotatable bonds is 3. The molecule has 0 bridgehead atoms. The Labute approximate surface area is 127 Å². The number of nitrogens with zero attached hydrogens (tertiary/aromatic N) is 1. The number of hydrogen-bond donors (Lipinski definition) is 1. The van der Waals surface area contributed by atoms with Gasteiger partial charge in [-0.1, -0.05) is 6.07 Å². The molecule has 1 aliphatic heterocycles. The van der Waals surface area contributed by atoms with Gasteiger partial charge in [-0.3, -0.25) is 4.90 Å². The second-order valence-electron chi connectivity index (χ2n) is 5.94. The maximum Gasteiger partial charge on any atom is 0.119 e. The molecule has 0 saturated carbocycles. The van der Waals surface area contributed by atoms with E-state index in [4.69, 9.17) is 9.47 Å². The molecule has 1 N–H and O–H groups in total. The Bertz CT molecular complexity index is 470. The van der Waals surface area contributed by atoms with Crippen molar-refractivity contribution in [3.05, 3.63) is 29.3 Å². The molecule has 2 aliphatic rings. The van der Waals surface area contributed by atoms with Crippen molar-refractivity contribution in [1.82, 2.24) is 10.2 Å². The number of aryl methyl sites for hydroxylation is 1. The molecule has 2 atom stereocenters. The van der Waals surface area contributed by atoms with Crippen LogP contribution in [0.4, 0.5) is 0 Å². The lowest BCUT2D eigenvalue weighted by Gasteiger charge is -2.40. The van der Waals surface area contributed by atoms with Crippen LogP contribution >= 0.6 is 0 Å². The highest BCUT2D eigenvalue weighted by Crippen LogP contribution is 2.35. The first kappa shape index (κ1) is 14.8. The maximum absolute atomic E-state index is 5.61. The minimum Gasteiger partial charge on any atom is -0.497 e. The third kappa shape index (κ3) is 3.07. The first-order chi connectivity index (χ1) is 10.3. The van der Waals surface area contributed by atoms with Crippen molar-refractivity contribution in [1.29, 1.82) is 0 Å². The first-order valence-electron chi connectivity index (χ1n) is 7.99. The fourth-order valence-electron chi connectivity index (χ4n) is 3.73. The predicted molar refractivity (Wildman–Crippen MR) is 83.9 cm³/mol. The van der Waals surface area contributed by atoms with E-state index >= 15 is 0 Å². The summed E-state index contributed by atoms with van der Waals surface area (Å²) in [5.74, 6) is 0.953. The number of benzene rings is 1. The van der Waals surface area contributed by atoms with Gasteiger partial charge in [-0.15, -0.1) is 0 Å². The number of hydrogen-bond acceptors (Lipinski definition) is 4. The summed E-state index contributed by atoms with van der Waals surface area (Å²) in [5, 5.41) is 3.54. The molecule has 0 radical (unpaired) electrons. The molecule has 4 heteroatoms. The summed E-state index contributed by atoms with van der Waals surface area (Å²) in [6.45, 7) is 3.94. The van der Waals surface area contributed by atoms with Crippen LogP contribution in [0.15, 0.2) is 18.2 Å². The van der Waals surface area contributed by atoms with Crippen LogP contribution in [0, 0.1) is 0 Å². The third-order valence-corrected chi connectivity index (χ3v) is 4.82. The first-order valence-corrected chi connectivity index (χ1v) is 7.99. The second kappa shape index (κ2) is 6.77. The zero-order chi connectivity index (χ0) is 14.7. The lowest BCUT2D eigenvalue weighted by molar-refractivity contribution is 0.115. The van der Waals surface area contributed by atoms with E-state index in [1.54, 1.807) is 7.11 Å². The third-order valence-electron chi connectivity index (χ3n) is 4.82. The van der Waals surface area contributed by atoms with Gasteiger partial charge >= 0.3 is 0 Å². The Morgan fingerprint density at radius 1 is 1.29 bits per heavy atom. The van der Waals surface area contributed by atoms with Gasteiger partial charge in [0.1, 0.15) is 5.75 Å². The molecule has 1 aromatic carbocycles. The van der Waals surface area contributed by atoms with Crippen molar-refractivity contribution in [2.24, 2.45) is 0 Å². The van der Waals surface area contributed by atoms with Crippen LogP contribution in [-0.4, -0.2) is 51.4 Å². The van der Waals surface area contributed by atoms with E-state index in [-0.39, 0.29) is 0 Å². The molecule has 1 aliphatic carbocycles. The maximum atomic E-state index is 5.61. The number of likely N-dealkylation sites (N-methyl/N-ethyl adjacent to an activating group) is 1. The van der Waals surface area contributed by atoms with Crippen LogP contribution in [0.25, 0.3) is 0 Å². The molecule has 21 heavy (non-hydrogen) atoms. The molecular formula is C17H26N2O2. The van der Waals surface area contributed by atoms with Crippen molar-refractivity contribution >= 4 is 0 Å². The van der Waals surface area contributed by atoms with E-state index in [0.29, 0.717) is 12.1 Å². The molecule has 0 spiro atoms. The van der Waals surface area contributed by atoms with Crippen LogP contribution in [0.3, 0.4) is 0 Å². The highest BCUT2D eigenvalue weighted by Gasteiger charge is 2.33. The summed E-state index contributed by atoms with van der Waals surface area (Å²) in [5.41, 5.74) is 2.86. The monoisotopic (exact) mass is 290 g/mol. The highest BCUT2D eigenvalue weighted by atomic mass is 16.5. The molecule has 1 aromatic rings. The van der Waals surface area contributed by atoms with Crippen molar-refractivity contribution in [2.75, 3.05) is 40.5 Å². The molecule has 1 heterocycles. The van der Waals surface area contributed by atoms with E-state index in [9.17, 15) is 0 Å². The van der Waals surface area contributed by atoms with Gasteiger partial charge in [0.2, 0.25) is 0 Å². The SMILES string of the molecule is CNC1c2cc(OC)ccc2CCC1N1CCCOCC1. The van der Waals surface area contributed by atoms with Crippen LogP contribution < -0.4 is 10.1 Å². The molecule has 1 saturated heterocycles. The normalized spacial score (nSPS) is 27.0. The van der Waals surface area contributed by atoms with E-state index < -0.39 is 0 Å². The van der Waals surface area contributed by atoms with Gasteiger partial charge in [0, 0.05) is 31.8 Å². The van der Waals surface area contributed by atoms with Crippen LogP contribution in [0.2, 0.25) is 0 Å². The molecule has 1 fully saturated rings. The number of nitrogens with one attached hydrogen (secondary N) is 1. The number of fused-ring (bicyclic) bond motifs is 1. The average Bonchev–Trinajstić information content (AvgIpc) is 2.82. The van der Waals surface area contributed by atoms with Gasteiger partial charge < -0.3 is 14.8 Å². The summed E-state index contributed by atoms with van der Waals surface area (Å²) in [6.07, 6.45) is 3.50. The van der Waals surface area contributed by atoms with E-state index in [1.165, 1.54) is 17.5 Å². The van der Waals surface area contributed by atoms with E-state index in [0.717, 1.165) is 44.9 Å². The molecule has 4 nitrogen and oxygen atoms in total. The highest BCUT2D eigenvalue weighted by molar-refractivity contribution is 5.40. The summed E-state index contributed by atoms with van der Waals surface area (Å²) >= 11 is 0. The van der Waals surface area contributed by atoms with Gasteiger partial charge in [-0.05, 0) is 49.6 Å². The minimum absolute atomic E-state index is 0.377.